The summed E-state index contributed by atoms with van der Waals surface area (Å²) >= 11 is 0. The number of benzene rings is 3. The van der Waals surface area contributed by atoms with Crippen molar-refractivity contribution in [2.45, 2.75) is 12.6 Å². The molecule has 0 radical (unpaired) electrons. The third kappa shape index (κ3) is 6.56. The molecule has 0 bridgehead atoms. The summed E-state index contributed by atoms with van der Waals surface area (Å²) in [5.74, 6) is 2.50. The molecule has 3 aromatic rings. The minimum atomic E-state index is -0.216. The molecule has 190 valence electrons. The van der Waals surface area contributed by atoms with Gasteiger partial charge in [-0.1, -0.05) is 42.5 Å². The monoisotopic (exact) mass is 489 g/mol. The van der Waals surface area contributed by atoms with Gasteiger partial charge < -0.3 is 19.5 Å². The molecule has 0 aromatic heterocycles. The summed E-state index contributed by atoms with van der Waals surface area (Å²) in [7, 11) is 5.02. The van der Waals surface area contributed by atoms with Crippen LogP contribution in [-0.2, 0) is 11.3 Å². The van der Waals surface area contributed by atoms with E-state index in [2.05, 4.69) is 15.1 Å². The van der Waals surface area contributed by atoms with Gasteiger partial charge in [0.25, 0.3) is 0 Å². The summed E-state index contributed by atoms with van der Waals surface area (Å²) in [6, 6.07) is 23.6. The van der Waals surface area contributed by atoms with Gasteiger partial charge in [-0.15, -0.1) is 0 Å². The quantitative estimate of drug-likeness (QED) is 0.468. The summed E-state index contributed by atoms with van der Waals surface area (Å²) in [6.45, 7) is 4.59. The second-order valence-corrected chi connectivity index (χ2v) is 8.91. The van der Waals surface area contributed by atoms with E-state index in [0.29, 0.717) is 6.54 Å². The second kappa shape index (κ2) is 12.4. The number of ether oxygens (including phenoxy) is 3. The smallest absolute Gasteiger partial charge is 0.234 e. The lowest BCUT2D eigenvalue weighted by Crippen LogP contribution is -2.49. The highest BCUT2D eigenvalue weighted by molar-refractivity contribution is 5.79. The first kappa shape index (κ1) is 25.5. The number of carbonyl (C=O) groups is 1. The molecule has 7 nitrogen and oxygen atoms in total. The zero-order chi connectivity index (χ0) is 25.3. The van der Waals surface area contributed by atoms with Crippen molar-refractivity contribution in [3.05, 3.63) is 89.5 Å². The van der Waals surface area contributed by atoms with Gasteiger partial charge >= 0.3 is 0 Å². The average molecular weight is 490 g/mol. The molecule has 1 heterocycles. The Balaban J connectivity index is 1.34. The highest BCUT2D eigenvalue weighted by Gasteiger charge is 2.22. The van der Waals surface area contributed by atoms with Gasteiger partial charge in [0.05, 0.1) is 33.9 Å². The molecule has 0 saturated carbocycles. The van der Waals surface area contributed by atoms with Crippen molar-refractivity contribution in [3.8, 4) is 17.2 Å². The average Bonchev–Trinajstić information content (AvgIpc) is 2.93. The Kier molecular flexibility index (Phi) is 8.81. The second-order valence-electron chi connectivity index (χ2n) is 8.91. The molecular weight excluding hydrogens is 454 g/mol. The zero-order valence-corrected chi connectivity index (χ0v) is 21.3. The van der Waals surface area contributed by atoms with Crippen molar-refractivity contribution in [1.82, 2.24) is 15.1 Å². The van der Waals surface area contributed by atoms with E-state index in [4.69, 9.17) is 14.2 Å². The lowest BCUT2D eigenvalue weighted by molar-refractivity contribution is -0.123. The number of rotatable bonds is 10. The Bertz CT molecular complexity index is 1110. The van der Waals surface area contributed by atoms with Crippen LogP contribution >= 0.6 is 0 Å². The van der Waals surface area contributed by atoms with E-state index in [1.807, 2.05) is 72.8 Å². The van der Waals surface area contributed by atoms with Crippen LogP contribution < -0.4 is 19.5 Å². The fourth-order valence-corrected chi connectivity index (χ4v) is 4.56. The Hall–Kier alpha value is -3.55. The maximum Gasteiger partial charge on any atom is 0.234 e. The van der Waals surface area contributed by atoms with Gasteiger partial charge in [0.1, 0.15) is 17.2 Å². The lowest BCUT2D eigenvalue weighted by Gasteiger charge is -2.34. The predicted octanol–water partition coefficient (Wildman–Crippen LogP) is 3.74. The standard InChI is InChI=1S/C29H35N3O4/c1-34-25-11-9-23(10-12-25)29(22-7-5-4-6-8-22)30-28(33)21-32-17-15-31(16-18-32)20-24-19-26(35-2)13-14-27(24)36-3/h4-14,19,29H,15-18,20-21H2,1-3H3,(H,30,33). The fourth-order valence-electron chi connectivity index (χ4n) is 4.56. The Morgan fingerprint density at radius 2 is 1.39 bits per heavy atom. The molecule has 1 N–H and O–H groups in total. The van der Waals surface area contributed by atoms with Gasteiger partial charge in [0.2, 0.25) is 5.91 Å². The van der Waals surface area contributed by atoms with Crippen LogP contribution in [0.3, 0.4) is 0 Å². The van der Waals surface area contributed by atoms with E-state index >= 15 is 0 Å². The van der Waals surface area contributed by atoms with Crippen LogP contribution in [0.2, 0.25) is 0 Å². The van der Waals surface area contributed by atoms with Crippen LogP contribution in [0.5, 0.6) is 17.2 Å². The Labute approximate surface area is 213 Å². The molecule has 3 aromatic carbocycles. The number of methoxy groups -OCH3 is 3. The first-order valence-electron chi connectivity index (χ1n) is 12.2. The van der Waals surface area contributed by atoms with Gasteiger partial charge in [-0.2, -0.15) is 0 Å². The molecule has 0 spiro atoms. The molecule has 1 fully saturated rings. The molecule has 0 aliphatic carbocycles. The molecule has 1 saturated heterocycles. The molecule has 7 heteroatoms. The molecule has 1 aliphatic rings. The van der Waals surface area contributed by atoms with Crippen LogP contribution in [-0.4, -0.2) is 69.8 Å². The Morgan fingerprint density at radius 1 is 0.778 bits per heavy atom. The third-order valence-electron chi connectivity index (χ3n) is 6.60. The molecule has 1 aliphatic heterocycles. The third-order valence-corrected chi connectivity index (χ3v) is 6.60. The van der Waals surface area contributed by atoms with Crippen LogP contribution in [0.15, 0.2) is 72.8 Å². The molecule has 4 rings (SSSR count). The van der Waals surface area contributed by atoms with Gasteiger partial charge in [-0.25, -0.2) is 0 Å². The zero-order valence-electron chi connectivity index (χ0n) is 21.3. The Morgan fingerprint density at radius 3 is 2.03 bits per heavy atom. The van der Waals surface area contributed by atoms with Crippen molar-refractivity contribution >= 4 is 5.91 Å². The maximum absolute atomic E-state index is 13.1. The van der Waals surface area contributed by atoms with E-state index in [9.17, 15) is 4.79 Å². The summed E-state index contributed by atoms with van der Waals surface area (Å²) in [5, 5.41) is 3.25. The van der Waals surface area contributed by atoms with E-state index in [1.165, 1.54) is 0 Å². The summed E-state index contributed by atoms with van der Waals surface area (Å²) in [5.41, 5.74) is 3.17. The first-order chi connectivity index (χ1) is 17.6. The predicted molar refractivity (Wildman–Crippen MR) is 141 cm³/mol. The van der Waals surface area contributed by atoms with Crippen molar-refractivity contribution in [3.63, 3.8) is 0 Å². The van der Waals surface area contributed by atoms with E-state index in [0.717, 1.165) is 66.7 Å². The maximum atomic E-state index is 13.1. The number of hydrogen-bond acceptors (Lipinski definition) is 6. The SMILES string of the molecule is COc1ccc(C(NC(=O)CN2CCN(Cc3cc(OC)ccc3OC)CC2)c2ccccc2)cc1. The van der Waals surface area contributed by atoms with Crippen molar-refractivity contribution in [1.29, 1.82) is 0 Å². The highest BCUT2D eigenvalue weighted by atomic mass is 16.5. The fraction of sp³-hybridized carbons (Fsp3) is 0.345. The van der Waals surface area contributed by atoms with E-state index < -0.39 is 0 Å². The molecular formula is C29H35N3O4. The first-order valence-corrected chi connectivity index (χ1v) is 12.2. The van der Waals surface area contributed by atoms with Gasteiger partial charge in [-0.05, 0) is 41.5 Å². The van der Waals surface area contributed by atoms with Crippen LogP contribution in [0.25, 0.3) is 0 Å². The van der Waals surface area contributed by atoms with Crippen LogP contribution in [0, 0.1) is 0 Å². The van der Waals surface area contributed by atoms with Crippen LogP contribution in [0.4, 0.5) is 0 Å². The number of nitrogens with one attached hydrogen (secondary N) is 1. The summed E-state index contributed by atoms with van der Waals surface area (Å²) < 4.78 is 16.2. The highest BCUT2D eigenvalue weighted by Crippen LogP contribution is 2.26. The molecule has 1 amide bonds. The largest absolute Gasteiger partial charge is 0.497 e. The van der Waals surface area contributed by atoms with E-state index in [1.54, 1.807) is 21.3 Å². The van der Waals surface area contributed by atoms with Crippen LogP contribution in [0.1, 0.15) is 22.7 Å². The summed E-state index contributed by atoms with van der Waals surface area (Å²) in [6.07, 6.45) is 0. The summed E-state index contributed by atoms with van der Waals surface area (Å²) in [4.78, 5) is 17.7. The minimum Gasteiger partial charge on any atom is -0.497 e. The molecule has 1 atom stereocenters. The topological polar surface area (TPSA) is 63.3 Å². The van der Waals surface area contributed by atoms with Crippen molar-refractivity contribution in [2.75, 3.05) is 54.1 Å². The van der Waals surface area contributed by atoms with Crippen molar-refractivity contribution in [2.24, 2.45) is 0 Å². The number of amides is 1. The van der Waals surface area contributed by atoms with Gasteiger partial charge in [0, 0.05) is 38.3 Å². The molecule has 36 heavy (non-hydrogen) atoms. The minimum absolute atomic E-state index is 0.0163. The van der Waals surface area contributed by atoms with Crippen molar-refractivity contribution < 1.29 is 19.0 Å². The lowest BCUT2D eigenvalue weighted by atomic mass is 9.98. The van der Waals surface area contributed by atoms with Gasteiger partial charge in [-0.3, -0.25) is 14.6 Å². The normalized spacial score (nSPS) is 15.2. The number of carbonyl (C=O) groups excluding carboxylic acids is 1. The number of nitrogens with zero attached hydrogens (tertiary/aromatic N) is 2. The molecule has 1 unspecified atom stereocenters. The van der Waals surface area contributed by atoms with Gasteiger partial charge in [0.15, 0.2) is 0 Å². The number of hydrogen-bond donors (Lipinski definition) is 1. The number of piperazine rings is 1. The van der Waals surface area contributed by atoms with E-state index in [-0.39, 0.29) is 11.9 Å².